The Morgan fingerprint density at radius 3 is 2.68 bits per heavy atom. The molecule has 1 aliphatic rings. The fraction of sp³-hybridized carbons (Fsp3) is 0.571. The van der Waals surface area contributed by atoms with Crippen molar-refractivity contribution in [3.05, 3.63) is 23.7 Å². The first-order valence-electron chi connectivity index (χ1n) is 6.63. The van der Waals surface area contributed by atoms with E-state index in [4.69, 9.17) is 9.15 Å². The van der Waals surface area contributed by atoms with Crippen LogP contribution in [-0.4, -0.2) is 24.0 Å². The summed E-state index contributed by atoms with van der Waals surface area (Å²) in [5, 5.41) is 2.90. The number of rotatable bonds is 4. The van der Waals surface area contributed by atoms with Gasteiger partial charge in [0.1, 0.15) is 11.3 Å². The van der Waals surface area contributed by atoms with E-state index in [1.165, 1.54) is 6.26 Å². The summed E-state index contributed by atoms with van der Waals surface area (Å²) < 4.78 is 10.2. The van der Waals surface area contributed by atoms with Crippen molar-refractivity contribution in [1.29, 1.82) is 0 Å². The summed E-state index contributed by atoms with van der Waals surface area (Å²) in [5.74, 6) is -0.268. The Labute approximate surface area is 112 Å². The van der Waals surface area contributed by atoms with Gasteiger partial charge in [-0.1, -0.05) is 12.8 Å². The van der Waals surface area contributed by atoms with Gasteiger partial charge in [-0.25, -0.2) is 4.79 Å². The molecule has 1 aliphatic carbocycles. The van der Waals surface area contributed by atoms with Crippen LogP contribution in [0.15, 0.2) is 16.7 Å². The number of amides is 1. The van der Waals surface area contributed by atoms with E-state index >= 15 is 0 Å². The quantitative estimate of drug-likeness (QED) is 0.847. The van der Waals surface area contributed by atoms with Gasteiger partial charge in [-0.2, -0.15) is 0 Å². The minimum absolute atomic E-state index is 0.226. The topological polar surface area (TPSA) is 68.5 Å². The largest absolute Gasteiger partial charge is 0.469 e. The van der Waals surface area contributed by atoms with Crippen molar-refractivity contribution in [1.82, 2.24) is 5.32 Å². The maximum absolute atomic E-state index is 11.9. The Morgan fingerprint density at radius 1 is 1.42 bits per heavy atom. The molecular weight excluding hydrogens is 246 g/mol. The monoisotopic (exact) mass is 265 g/mol. The van der Waals surface area contributed by atoms with E-state index in [-0.39, 0.29) is 11.9 Å². The summed E-state index contributed by atoms with van der Waals surface area (Å²) in [7, 11) is 0. The molecule has 1 unspecified atom stereocenters. The van der Waals surface area contributed by atoms with E-state index in [0.29, 0.717) is 11.3 Å². The third-order valence-corrected chi connectivity index (χ3v) is 3.43. The van der Waals surface area contributed by atoms with Crippen LogP contribution in [0.3, 0.4) is 0 Å². The molecule has 1 N–H and O–H groups in total. The van der Waals surface area contributed by atoms with Crippen LogP contribution in [0.2, 0.25) is 0 Å². The van der Waals surface area contributed by atoms with E-state index in [9.17, 15) is 9.59 Å². The minimum atomic E-state index is -0.789. The molecule has 0 spiro atoms. The molecule has 19 heavy (non-hydrogen) atoms. The van der Waals surface area contributed by atoms with E-state index in [1.807, 2.05) is 0 Å². The van der Waals surface area contributed by atoms with Crippen molar-refractivity contribution >= 4 is 11.9 Å². The minimum Gasteiger partial charge on any atom is -0.469 e. The Bertz CT molecular complexity index is 460. The molecule has 0 saturated heterocycles. The van der Waals surface area contributed by atoms with Gasteiger partial charge in [0, 0.05) is 6.04 Å². The number of furan rings is 1. The van der Waals surface area contributed by atoms with Crippen LogP contribution >= 0.6 is 0 Å². The van der Waals surface area contributed by atoms with Gasteiger partial charge in [-0.15, -0.1) is 0 Å². The fourth-order valence-corrected chi connectivity index (χ4v) is 2.26. The summed E-state index contributed by atoms with van der Waals surface area (Å²) in [6.45, 7) is 3.26. The number of hydrogen-bond acceptors (Lipinski definition) is 4. The molecule has 0 radical (unpaired) electrons. The Hall–Kier alpha value is -1.78. The molecule has 0 bridgehead atoms. The van der Waals surface area contributed by atoms with Gasteiger partial charge in [-0.05, 0) is 32.8 Å². The van der Waals surface area contributed by atoms with Gasteiger partial charge >= 0.3 is 5.97 Å². The Morgan fingerprint density at radius 2 is 2.11 bits per heavy atom. The number of carbonyl (C=O) groups excluding carboxylic acids is 2. The summed E-state index contributed by atoms with van der Waals surface area (Å²) in [6, 6.07) is 1.77. The molecule has 1 amide bonds. The standard InChI is InChI=1S/C14H19NO4/c1-9-12(7-8-18-9)14(17)19-10(2)13(16)15-11-5-3-4-6-11/h7-8,10-11H,3-6H2,1-2H3,(H,15,16). The average Bonchev–Trinajstić information content (AvgIpc) is 3.00. The van der Waals surface area contributed by atoms with Crippen molar-refractivity contribution in [3.63, 3.8) is 0 Å². The van der Waals surface area contributed by atoms with E-state index in [1.54, 1.807) is 19.9 Å². The molecule has 0 aromatic carbocycles. The van der Waals surface area contributed by atoms with Gasteiger partial charge < -0.3 is 14.5 Å². The lowest BCUT2D eigenvalue weighted by atomic mass is 10.2. The highest BCUT2D eigenvalue weighted by Crippen LogP contribution is 2.18. The maximum atomic E-state index is 11.9. The predicted octanol–water partition coefficient (Wildman–Crippen LogP) is 2.19. The summed E-state index contributed by atoms with van der Waals surface area (Å²) in [6.07, 6.45) is 4.94. The van der Waals surface area contributed by atoms with Crippen LogP contribution in [0.25, 0.3) is 0 Å². The van der Waals surface area contributed by atoms with Crippen LogP contribution < -0.4 is 5.32 Å². The van der Waals surface area contributed by atoms with Crippen LogP contribution in [0.5, 0.6) is 0 Å². The molecule has 5 heteroatoms. The third-order valence-electron chi connectivity index (χ3n) is 3.43. The van der Waals surface area contributed by atoms with Crippen LogP contribution in [0.1, 0.15) is 48.7 Å². The van der Waals surface area contributed by atoms with Crippen molar-refractivity contribution in [2.24, 2.45) is 0 Å². The molecule has 5 nitrogen and oxygen atoms in total. The zero-order valence-corrected chi connectivity index (χ0v) is 11.3. The molecule has 104 valence electrons. The van der Waals surface area contributed by atoms with Crippen molar-refractivity contribution in [2.75, 3.05) is 0 Å². The van der Waals surface area contributed by atoms with E-state index in [0.717, 1.165) is 25.7 Å². The number of carbonyl (C=O) groups is 2. The van der Waals surface area contributed by atoms with Crippen LogP contribution in [0.4, 0.5) is 0 Å². The molecule has 1 saturated carbocycles. The number of esters is 1. The molecule has 1 aromatic heterocycles. The second kappa shape index (κ2) is 5.91. The lowest BCUT2D eigenvalue weighted by Crippen LogP contribution is -2.40. The zero-order valence-electron chi connectivity index (χ0n) is 11.3. The van der Waals surface area contributed by atoms with Crippen molar-refractivity contribution in [2.45, 2.75) is 51.7 Å². The number of ether oxygens (including phenoxy) is 1. The maximum Gasteiger partial charge on any atom is 0.342 e. The fourth-order valence-electron chi connectivity index (χ4n) is 2.26. The first kappa shape index (κ1) is 13.6. The van der Waals surface area contributed by atoms with Gasteiger partial charge in [0.15, 0.2) is 6.10 Å². The first-order valence-corrected chi connectivity index (χ1v) is 6.63. The van der Waals surface area contributed by atoms with Gasteiger partial charge in [0.25, 0.3) is 5.91 Å². The van der Waals surface area contributed by atoms with E-state index < -0.39 is 12.1 Å². The first-order chi connectivity index (χ1) is 9.08. The lowest BCUT2D eigenvalue weighted by Gasteiger charge is -2.16. The summed E-state index contributed by atoms with van der Waals surface area (Å²) in [5.41, 5.74) is 0.362. The molecule has 1 fully saturated rings. The zero-order chi connectivity index (χ0) is 13.8. The number of nitrogens with one attached hydrogen (secondary N) is 1. The van der Waals surface area contributed by atoms with Crippen molar-refractivity contribution < 1.29 is 18.7 Å². The lowest BCUT2D eigenvalue weighted by molar-refractivity contribution is -0.129. The summed E-state index contributed by atoms with van der Waals surface area (Å²) >= 11 is 0. The van der Waals surface area contributed by atoms with Gasteiger partial charge in [0.05, 0.1) is 6.26 Å². The van der Waals surface area contributed by atoms with Crippen LogP contribution in [-0.2, 0) is 9.53 Å². The molecular formula is C14H19NO4. The highest BCUT2D eigenvalue weighted by Gasteiger charge is 2.24. The Balaban J connectivity index is 1.86. The molecule has 2 rings (SSSR count). The highest BCUT2D eigenvalue weighted by molar-refractivity contribution is 5.92. The third kappa shape index (κ3) is 3.36. The Kier molecular flexibility index (Phi) is 4.24. The molecule has 1 heterocycles. The predicted molar refractivity (Wildman–Crippen MR) is 68.7 cm³/mol. The smallest absolute Gasteiger partial charge is 0.342 e. The highest BCUT2D eigenvalue weighted by atomic mass is 16.5. The molecule has 1 atom stereocenters. The van der Waals surface area contributed by atoms with Gasteiger partial charge in [0.2, 0.25) is 0 Å². The molecule has 0 aliphatic heterocycles. The summed E-state index contributed by atoms with van der Waals surface area (Å²) in [4.78, 5) is 23.7. The normalized spacial score (nSPS) is 17.2. The number of hydrogen-bond donors (Lipinski definition) is 1. The van der Waals surface area contributed by atoms with E-state index in [2.05, 4.69) is 5.32 Å². The van der Waals surface area contributed by atoms with Crippen LogP contribution in [0, 0.1) is 6.92 Å². The van der Waals surface area contributed by atoms with Crippen molar-refractivity contribution in [3.8, 4) is 0 Å². The second-order valence-corrected chi connectivity index (χ2v) is 4.93. The molecule has 1 aromatic rings. The SMILES string of the molecule is Cc1occc1C(=O)OC(C)C(=O)NC1CCCC1. The van der Waals surface area contributed by atoms with Gasteiger partial charge in [-0.3, -0.25) is 4.79 Å². The second-order valence-electron chi connectivity index (χ2n) is 4.93. The number of aryl methyl sites for hydroxylation is 1. The average molecular weight is 265 g/mol.